The van der Waals surface area contributed by atoms with Crippen molar-refractivity contribution in [3.63, 3.8) is 0 Å². The molecule has 7 nitrogen and oxygen atoms in total. The van der Waals surface area contributed by atoms with Crippen LogP contribution in [0.2, 0.25) is 0 Å². The Morgan fingerprint density at radius 3 is 3.10 bits per heavy atom. The van der Waals surface area contributed by atoms with E-state index in [1.165, 1.54) is 6.20 Å². The lowest BCUT2D eigenvalue weighted by Crippen LogP contribution is -2.12. The van der Waals surface area contributed by atoms with Crippen LogP contribution >= 0.6 is 0 Å². The molecule has 0 unspecified atom stereocenters. The third-order valence-corrected chi connectivity index (χ3v) is 2.70. The van der Waals surface area contributed by atoms with Crippen LogP contribution in [0.5, 0.6) is 0 Å². The molecule has 7 heteroatoms. The van der Waals surface area contributed by atoms with Crippen molar-refractivity contribution in [2.75, 3.05) is 11.9 Å². The van der Waals surface area contributed by atoms with E-state index in [-0.39, 0.29) is 0 Å². The summed E-state index contributed by atoms with van der Waals surface area (Å²) in [5.74, 6) is 0.586. The Hall–Kier alpha value is -2.83. The van der Waals surface area contributed by atoms with Gasteiger partial charge in [0.15, 0.2) is 0 Å². The minimum Gasteiger partial charge on any atom is -0.450 e. The molecule has 2 N–H and O–H groups in total. The van der Waals surface area contributed by atoms with Gasteiger partial charge < -0.3 is 9.72 Å². The van der Waals surface area contributed by atoms with Gasteiger partial charge in [0.1, 0.15) is 0 Å². The maximum Gasteiger partial charge on any atom is 0.411 e. The third-order valence-electron chi connectivity index (χ3n) is 2.70. The van der Waals surface area contributed by atoms with Crippen molar-refractivity contribution < 1.29 is 9.53 Å². The third kappa shape index (κ3) is 2.33. The van der Waals surface area contributed by atoms with Crippen LogP contribution in [-0.2, 0) is 4.74 Å². The zero-order valence-corrected chi connectivity index (χ0v) is 10.8. The number of hydrogen-bond acceptors (Lipinski definition) is 4. The molecule has 3 aromatic rings. The molecule has 0 aliphatic heterocycles. The lowest BCUT2D eigenvalue weighted by molar-refractivity contribution is 0.168. The molecule has 2 heterocycles. The highest BCUT2D eigenvalue weighted by Crippen LogP contribution is 2.14. The van der Waals surface area contributed by atoms with Crippen LogP contribution < -0.4 is 5.32 Å². The topological polar surface area (TPSA) is 84.8 Å². The number of hydrogen-bond donors (Lipinski definition) is 2. The number of nitrogens with one attached hydrogen (secondary N) is 2. The van der Waals surface area contributed by atoms with Gasteiger partial charge in [-0.1, -0.05) is 12.1 Å². The Kier molecular flexibility index (Phi) is 3.08. The molecule has 0 bridgehead atoms. The van der Waals surface area contributed by atoms with Crippen LogP contribution in [0.25, 0.3) is 17.0 Å². The van der Waals surface area contributed by atoms with Crippen molar-refractivity contribution in [1.29, 1.82) is 0 Å². The highest BCUT2D eigenvalue weighted by atomic mass is 16.5. The Labute approximate surface area is 114 Å². The molecule has 0 radical (unpaired) electrons. The van der Waals surface area contributed by atoms with E-state index >= 15 is 0 Å². The molecule has 1 aromatic carbocycles. The first-order valence-electron chi connectivity index (χ1n) is 6.20. The predicted molar refractivity (Wildman–Crippen MR) is 73.9 cm³/mol. The molecular weight excluding hydrogens is 258 g/mol. The molecule has 0 saturated heterocycles. The van der Waals surface area contributed by atoms with Crippen LogP contribution in [0.1, 0.15) is 6.92 Å². The molecule has 102 valence electrons. The first-order valence-corrected chi connectivity index (χ1v) is 6.20. The number of carbonyl (C=O) groups is 1. The van der Waals surface area contributed by atoms with Crippen LogP contribution in [0, 0.1) is 0 Å². The van der Waals surface area contributed by atoms with E-state index in [2.05, 4.69) is 20.4 Å². The van der Waals surface area contributed by atoms with E-state index in [0.717, 1.165) is 11.0 Å². The Morgan fingerprint density at radius 1 is 1.45 bits per heavy atom. The van der Waals surface area contributed by atoms with E-state index in [1.54, 1.807) is 17.8 Å². The van der Waals surface area contributed by atoms with Gasteiger partial charge in [-0.05, 0) is 19.1 Å². The molecule has 0 spiro atoms. The smallest absolute Gasteiger partial charge is 0.411 e. The monoisotopic (exact) mass is 271 g/mol. The van der Waals surface area contributed by atoms with E-state index in [1.807, 2.05) is 24.3 Å². The average Bonchev–Trinajstić information content (AvgIpc) is 3.04. The second kappa shape index (κ2) is 5.04. The average molecular weight is 271 g/mol. The number of para-hydroxylation sites is 2. The summed E-state index contributed by atoms with van der Waals surface area (Å²) in [5, 5.41) is 6.73. The van der Waals surface area contributed by atoms with Gasteiger partial charge >= 0.3 is 6.09 Å². The summed E-state index contributed by atoms with van der Waals surface area (Å²) < 4.78 is 6.36. The Morgan fingerprint density at radius 2 is 2.30 bits per heavy atom. The first kappa shape index (κ1) is 12.2. The summed E-state index contributed by atoms with van der Waals surface area (Å²) in [5.41, 5.74) is 2.33. The summed E-state index contributed by atoms with van der Waals surface area (Å²) in [6.45, 7) is 2.07. The summed E-state index contributed by atoms with van der Waals surface area (Å²) in [6.07, 6.45) is 2.69. The van der Waals surface area contributed by atoms with Gasteiger partial charge in [0.2, 0.25) is 5.95 Å². The van der Waals surface area contributed by atoms with Crippen molar-refractivity contribution in [2.24, 2.45) is 0 Å². The van der Waals surface area contributed by atoms with Crippen molar-refractivity contribution in [1.82, 2.24) is 19.7 Å². The van der Waals surface area contributed by atoms with Crippen molar-refractivity contribution >= 4 is 22.8 Å². The number of ether oxygens (including phenoxy) is 1. The summed E-state index contributed by atoms with van der Waals surface area (Å²) in [4.78, 5) is 18.9. The normalized spacial score (nSPS) is 10.7. The van der Waals surface area contributed by atoms with E-state index < -0.39 is 6.09 Å². The number of benzene rings is 1. The summed E-state index contributed by atoms with van der Waals surface area (Å²) in [6, 6.07) is 7.70. The Bertz CT molecular complexity index is 713. The second-order valence-electron chi connectivity index (χ2n) is 4.10. The Balaban J connectivity index is 1.84. The van der Waals surface area contributed by atoms with Crippen LogP contribution in [0.15, 0.2) is 36.7 Å². The molecule has 3 rings (SSSR count). The second-order valence-corrected chi connectivity index (χ2v) is 4.10. The van der Waals surface area contributed by atoms with Crippen LogP contribution in [0.4, 0.5) is 10.5 Å². The SMILES string of the molecule is CCOC(=O)Nc1cnn(-c2nc3ccccc3[nH]2)c1. The van der Waals surface area contributed by atoms with Gasteiger partial charge in [-0.2, -0.15) is 5.10 Å². The lowest BCUT2D eigenvalue weighted by atomic mass is 10.3. The zero-order valence-electron chi connectivity index (χ0n) is 10.8. The number of imidazole rings is 1. The van der Waals surface area contributed by atoms with Gasteiger partial charge in [-0.15, -0.1) is 0 Å². The highest BCUT2D eigenvalue weighted by molar-refractivity contribution is 5.84. The molecule has 0 aliphatic carbocycles. The van der Waals surface area contributed by atoms with Crippen molar-refractivity contribution in [2.45, 2.75) is 6.92 Å². The standard InChI is InChI=1S/C13H13N5O2/c1-2-20-13(19)15-9-7-14-18(8-9)12-16-10-5-3-4-6-11(10)17-12/h3-8H,2H2,1H3,(H,15,19)(H,16,17). The number of amides is 1. The van der Waals surface area contributed by atoms with Crippen LogP contribution in [0.3, 0.4) is 0 Å². The van der Waals surface area contributed by atoms with Crippen LogP contribution in [-0.4, -0.2) is 32.4 Å². The number of fused-ring (bicyclic) bond motifs is 1. The zero-order chi connectivity index (χ0) is 13.9. The number of nitrogens with zero attached hydrogens (tertiary/aromatic N) is 3. The molecule has 0 atom stereocenters. The van der Waals surface area contributed by atoms with E-state index in [0.29, 0.717) is 18.2 Å². The maximum absolute atomic E-state index is 11.3. The van der Waals surface area contributed by atoms with Gasteiger partial charge in [-0.3, -0.25) is 5.32 Å². The molecular formula is C13H13N5O2. The number of aromatic nitrogens is 4. The molecule has 0 aliphatic rings. The number of rotatable bonds is 3. The fraction of sp³-hybridized carbons (Fsp3) is 0.154. The quantitative estimate of drug-likeness (QED) is 0.765. The minimum atomic E-state index is -0.503. The van der Waals surface area contributed by atoms with Gasteiger partial charge in [0.25, 0.3) is 0 Å². The molecule has 20 heavy (non-hydrogen) atoms. The first-order chi connectivity index (χ1) is 9.76. The fourth-order valence-electron chi connectivity index (χ4n) is 1.84. The highest BCUT2D eigenvalue weighted by Gasteiger charge is 2.08. The summed E-state index contributed by atoms with van der Waals surface area (Å²) >= 11 is 0. The van der Waals surface area contributed by atoms with Crippen molar-refractivity contribution in [3.8, 4) is 5.95 Å². The van der Waals surface area contributed by atoms with E-state index in [4.69, 9.17) is 4.74 Å². The van der Waals surface area contributed by atoms with E-state index in [9.17, 15) is 4.79 Å². The number of H-pyrrole nitrogens is 1. The predicted octanol–water partition coefficient (Wildman–Crippen LogP) is 2.32. The lowest BCUT2D eigenvalue weighted by Gasteiger charge is -2.00. The number of anilines is 1. The molecule has 2 aromatic heterocycles. The molecule has 0 fully saturated rings. The maximum atomic E-state index is 11.3. The largest absolute Gasteiger partial charge is 0.450 e. The minimum absolute atomic E-state index is 0.323. The molecule has 1 amide bonds. The number of aromatic amines is 1. The number of carbonyl (C=O) groups excluding carboxylic acids is 1. The van der Waals surface area contributed by atoms with Gasteiger partial charge in [0, 0.05) is 0 Å². The molecule has 0 saturated carbocycles. The van der Waals surface area contributed by atoms with Crippen molar-refractivity contribution in [3.05, 3.63) is 36.7 Å². The van der Waals surface area contributed by atoms with Gasteiger partial charge in [-0.25, -0.2) is 14.5 Å². The fourth-order valence-corrected chi connectivity index (χ4v) is 1.84. The van der Waals surface area contributed by atoms with Gasteiger partial charge in [0.05, 0.1) is 35.7 Å². The summed E-state index contributed by atoms with van der Waals surface area (Å²) in [7, 11) is 0.